The average molecular weight is 372 g/mol. The van der Waals surface area contributed by atoms with Crippen LogP contribution >= 0.6 is 0 Å². The van der Waals surface area contributed by atoms with E-state index >= 15 is 0 Å². The van der Waals surface area contributed by atoms with Gasteiger partial charge in [0.05, 0.1) is 12.5 Å². The van der Waals surface area contributed by atoms with Crippen molar-refractivity contribution in [3.8, 4) is 6.07 Å². The molecule has 0 saturated heterocycles. The van der Waals surface area contributed by atoms with Crippen LogP contribution in [0.5, 0.6) is 0 Å². The Kier molecular flexibility index (Phi) is 3.98. The van der Waals surface area contributed by atoms with Gasteiger partial charge in [-0.05, 0) is 97.7 Å². The van der Waals surface area contributed by atoms with E-state index in [9.17, 15) is 5.21 Å². The molecule has 0 aromatic heterocycles. The third-order valence-corrected chi connectivity index (χ3v) is 11.1. The standard InChI is InChI=1S/C24H37NO2/c1-15(9-12-25-26)18-5-6-19-17-13-21(27-4)24-14-16(24)7-11-23(24,3)20(17)8-10-22(18,19)2/h15-21H,5-11,13-14H2,1-4H3/t15-,16-,17+,18-,19+,20+,21-,22-,23-,24+/m1/s1. The minimum absolute atomic E-state index is 0.436. The van der Waals surface area contributed by atoms with Crippen molar-refractivity contribution >= 4 is 0 Å². The predicted molar refractivity (Wildman–Crippen MR) is 108 cm³/mol. The summed E-state index contributed by atoms with van der Waals surface area (Å²) in [5.41, 5.74) is 1.49. The molecule has 5 aliphatic carbocycles. The molecule has 0 bridgehead atoms. The van der Waals surface area contributed by atoms with Crippen molar-refractivity contribution in [3.63, 3.8) is 0 Å². The monoisotopic (exact) mass is 371 g/mol. The fourth-order valence-electron chi connectivity index (χ4n) is 9.88. The molecule has 27 heavy (non-hydrogen) atoms. The number of nitrogens with zero attached hydrogens (tertiary/aromatic N) is 1. The highest BCUT2D eigenvalue weighted by molar-refractivity contribution is 5.26. The fourth-order valence-corrected chi connectivity index (χ4v) is 9.88. The molecule has 150 valence electrons. The quantitative estimate of drug-likeness (QED) is 0.560. The van der Waals surface area contributed by atoms with Crippen molar-refractivity contribution in [1.29, 1.82) is 0 Å². The number of hydrogen-bond acceptors (Lipinski definition) is 2. The van der Waals surface area contributed by atoms with Crippen LogP contribution in [0.25, 0.3) is 5.01 Å². The van der Waals surface area contributed by atoms with E-state index in [1.165, 1.54) is 51.4 Å². The highest BCUT2D eigenvalue weighted by Crippen LogP contribution is 2.82. The SMILES string of the molecule is CO[C@@H]1C[C@H]2[C@@H]3CC[C@H]([C@H](C)CC#[N+][O-])[C@@]3(C)CC[C@@H]2[C@@]2(C)CC[C@@H]3C[C@]312. The maximum atomic E-state index is 10.5. The zero-order chi connectivity index (χ0) is 19.0. The van der Waals surface area contributed by atoms with Crippen LogP contribution < -0.4 is 0 Å². The molecule has 0 aromatic carbocycles. The molecule has 0 unspecified atom stereocenters. The van der Waals surface area contributed by atoms with Gasteiger partial charge in [-0.3, -0.25) is 0 Å². The number of hydrogen-bond donors (Lipinski definition) is 0. The molecule has 0 aliphatic heterocycles. The maximum Gasteiger partial charge on any atom is 0.298 e. The molecule has 5 aliphatic rings. The van der Waals surface area contributed by atoms with E-state index in [2.05, 4.69) is 31.8 Å². The van der Waals surface area contributed by atoms with Gasteiger partial charge in [-0.1, -0.05) is 20.8 Å². The van der Waals surface area contributed by atoms with Crippen LogP contribution in [0.2, 0.25) is 0 Å². The van der Waals surface area contributed by atoms with Crippen LogP contribution in [0.4, 0.5) is 0 Å². The second-order valence-electron chi connectivity index (χ2n) is 11.4. The molecular formula is C24H37NO2. The molecule has 0 heterocycles. The average Bonchev–Trinajstić information content (AvgIpc) is 3.16. The summed E-state index contributed by atoms with van der Waals surface area (Å²) in [6.45, 7) is 7.56. The van der Waals surface area contributed by atoms with E-state index in [1.54, 1.807) is 0 Å². The van der Waals surface area contributed by atoms with Gasteiger partial charge in [-0.15, -0.1) is 0 Å². The summed E-state index contributed by atoms with van der Waals surface area (Å²) >= 11 is 0. The Labute approximate surface area is 165 Å². The number of fused-ring (bicyclic) bond motifs is 4. The first-order valence-corrected chi connectivity index (χ1v) is 11.5. The van der Waals surface area contributed by atoms with Crippen LogP contribution in [0.1, 0.15) is 78.6 Å². The van der Waals surface area contributed by atoms with Gasteiger partial charge in [0.1, 0.15) is 0 Å². The van der Waals surface area contributed by atoms with Gasteiger partial charge in [-0.25, -0.2) is 0 Å². The van der Waals surface area contributed by atoms with Crippen LogP contribution in [0.3, 0.4) is 0 Å². The topological polar surface area (TPSA) is 36.6 Å². The van der Waals surface area contributed by atoms with Crippen molar-refractivity contribution < 1.29 is 4.74 Å². The first-order chi connectivity index (χ1) is 12.9. The molecule has 5 fully saturated rings. The maximum absolute atomic E-state index is 10.5. The minimum Gasteiger partial charge on any atom is -0.498 e. The Morgan fingerprint density at radius 2 is 1.96 bits per heavy atom. The van der Waals surface area contributed by atoms with Gasteiger partial charge in [0.25, 0.3) is 6.07 Å². The molecular weight excluding hydrogens is 334 g/mol. The first kappa shape index (κ1) is 18.3. The van der Waals surface area contributed by atoms with Gasteiger partial charge >= 0.3 is 0 Å². The van der Waals surface area contributed by atoms with E-state index in [0.29, 0.717) is 28.3 Å². The summed E-state index contributed by atoms with van der Waals surface area (Å²) in [7, 11) is 1.98. The molecule has 0 radical (unpaired) electrons. The van der Waals surface area contributed by atoms with E-state index < -0.39 is 0 Å². The van der Waals surface area contributed by atoms with Gasteiger partial charge < -0.3 is 9.94 Å². The number of rotatable bonds is 3. The van der Waals surface area contributed by atoms with Gasteiger partial charge in [0.15, 0.2) is 0 Å². The Morgan fingerprint density at radius 3 is 2.67 bits per heavy atom. The second-order valence-corrected chi connectivity index (χ2v) is 11.4. The van der Waals surface area contributed by atoms with Crippen LogP contribution in [0.15, 0.2) is 0 Å². The lowest BCUT2D eigenvalue weighted by atomic mass is 9.45. The van der Waals surface area contributed by atoms with Crippen LogP contribution in [-0.2, 0) is 4.74 Å². The Bertz CT molecular complexity index is 682. The predicted octanol–water partition coefficient (Wildman–Crippen LogP) is 6.13. The number of ether oxygens (including phenoxy) is 1. The lowest BCUT2D eigenvalue weighted by Crippen LogP contribution is -2.57. The summed E-state index contributed by atoms with van der Waals surface area (Å²) in [5.74, 6) is 4.81. The summed E-state index contributed by atoms with van der Waals surface area (Å²) < 4.78 is 6.22. The van der Waals surface area contributed by atoms with E-state index in [-0.39, 0.29) is 0 Å². The zero-order valence-electron chi connectivity index (χ0n) is 17.7. The fraction of sp³-hybridized carbons (Fsp3) is 0.958. The molecule has 0 amide bonds. The van der Waals surface area contributed by atoms with E-state index in [1.807, 2.05) is 7.11 Å². The van der Waals surface area contributed by atoms with E-state index in [0.717, 1.165) is 36.0 Å². The summed E-state index contributed by atoms with van der Waals surface area (Å²) in [6, 6.07) is 2.71. The summed E-state index contributed by atoms with van der Waals surface area (Å²) in [6.07, 6.45) is 12.4. The third-order valence-electron chi connectivity index (χ3n) is 11.1. The summed E-state index contributed by atoms with van der Waals surface area (Å²) in [5, 5.41) is 13.4. The zero-order valence-corrected chi connectivity index (χ0v) is 17.7. The second kappa shape index (κ2) is 5.88. The Morgan fingerprint density at radius 1 is 1.15 bits per heavy atom. The van der Waals surface area contributed by atoms with E-state index in [4.69, 9.17) is 4.74 Å². The molecule has 1 spiro atoms. The smallest absolute Gasteiger partial charge is 0.298 e. The molecule has 3 nitrogen and oxygen atoms in total. The largest absolute Gasteiger partial charge is 0.498 e. The molecule has 5 rings (SSSR count). The highest BCUT2D eigenvalue weighted by atomic mass is 16.5. The third kappa shape index (κ3) is 2.12. The van der Waals surface area contributed by atoms with Gasteiger partial charge in [0.2, 0.25) is 0 Å². The Hall–Kier alpha value is -0.750. The molecule has 0 aromatic rings. The van der Waals surface area contributed by atoms with Crippen molar-refractivity contribution in [2.75, 3.05) is 7.11 Å². The van der Waals surface area contributed by atoms with Crippen LogP contribution in [-0.4, -0.2) is 13.2 Å². The number of methoxy groups -OCH3 is 1. The van der Waals surface area contributed by atoms with Crippen LogP contribution in [0, 0.1) is 63.0 Å². The van der Waals surface area contributed by atoms with Crippen molar-refractivity contribution in [3.05, 3.63) is 10.2 Å². The van der Waals surface area contributed by atoms with Crippen molar-refractivity contribution in [2.24, 2.45) is 51.8 Å². The summed E-state index contributed by atoms with van der Waals surface area (Å²) in [4.78, 5) is 0. The van der Waals surface area contributed by atoms with Gasteiger partial charge in [-0.2, -0.15) is 0 Å². The molecule has 10 atom stereocenters. The molecule has 5 saturated carbocycles. The first-order valence-electron chi connectivity index (χ1n) is 11.5. The van der Waals surface area contributed by atoms with Crippen molar-refractivity contribution in [1.82, 2.24) is 0 Å². The normalized spacial score (nSPS) is 56.1. The Balaban J connectivity index is 1.44. The molecule has 0 N–H and O–H groups in total. The molecule has 3 heteroatoms. The van der Waals surface area contributed by atoms with Gasteiger partial charge in [0, 0.05) is 17.5 Å². The van der Waals surface area contributed by atoms with Crippen molar-refractivity contribution in [2.45, 2.75) is 84.7 Å². The lowest BCUT2D eigenvalue weighted by molar-refractivity contribution is -0.160. The minimum atomic E-state index is 0.436. The highest BCUT2D eigenvalue weighted by Gasteiger charge is 2.77. The lowest BCUT2D eigenvalue weighted by Gasteiger charge is -2.61.